The zero-order valence-corrected chi connectivity index (χ0v) is 18.2. The summed E-state index contributed by atoms with van der Waals surface area (Å²) < 4.78 is 0. The Bertz CT molecular complexity index is 860. The normalized spacial score (nSPS) is 23.9. The lowest BCUT2D eigenvalue weighted by atomic mass is 9.89. The molecule has 0 bridgehead atoms. The first-order valence-electron chi connectivity index (χ1n) is 11.8. The zero-order valence-electron chi connectivity index (χ0n) is 18.2. The van der Waals surface area contributed by atoms with Crippen LogP contribution in [0.1, 0.15) is 48.2 Å². The maximum absolute atomic E-state index is 4.80. The maximum atomic E-state index is 4.80. The fraction of sp³-hybridized carbons (Fsp3) is 0.560. The first-order chi connectivity index (χ1) is 14.8. The van der Waals surface area contributed by atoms with Crippen LogP contribution in [0.25, 0.3) is 0 Å². The zero-order chi connectivity index (χ0) is 20.3. The van der Waals surface area contributed by atoms with Crippen molar-refractivity contribution in [2.45, 2.75) is 51.2 Å². The molecule has 0 spiro atoms. The highest BCUT2D eigenvalue weighted by Gasteiger charge is 2.30. The predicted molar refractivity (Wildman–Crippen MR) is 123 cm³/mol. The molecule has 30 heavy (non-hydrogen) atoms. The van der Waals surface area contributed by atoms with Gasteiger partial charge in [-0.05, 0) is 61.1 Å². The summed E-state index contributed by atoms with van der Waals surface area (Å²) in [6.07, 6.45) is 6.77. The van der Waals surface area contributed by atoms with Gasteiger partial charge in [0.25, 0.3) is 0 Å². The highest BCUT2D eigenvalue weighted by Crippen LogP contribution is 2.34. The van der Waals surface area contributed by atoms with E-state index in [0.717, 1.165) is 52.2 Å². The van der Waals surface area contributed by atoms with Crippen molar-refractivity contribution in [2.75, 3.05) is 44.2 Å². The van der Waals surface area contributed by atoms with Gasteiger partial charge in [0.2, 0.25) is 0 Å². The Morgan fingerprint density at radius 2 is 2.00 bits per heavy atom. The molecule has 2 aromatic rings. The van der Waals surface area contributed by atoms with Gasteiger partial charge in [0.1, 0.15) is 0 Å². The van der Waals surface area contributed by atoms with E-state index in [1.165, 1.54) is 41.8 Å². The van der Waals surface area contributed by atoms with Gasteiger partial charge in [0, 0.05) is 57.2 Å². The average molecular weight is 406 g/mol. The third-order valence-corrected chi connectivity index (χ3v) is 7.20. The second-order valence-corrected chi connectivity index (χ2v) is 8.98. The lowest BCUT2D eigenvalue weighted by Gasteiger charge is -2.39. The van der Waals surface area contributed by atoms with E-state index in [1.54, 1.807) is 5.56 Å². The van der Waals surface area contributed by atoms with Crippen LogP contribution in [0.3, 0.4) is 0 Å². The Kier molecular flexibility index (Phi) is 6.02. The molecule has 1 aliphatic carbocycles. The first-order valence-corrected chi connectivity index (χ1v) is 11.8. The maximum Gasteiger partial charge on any atom is 0.0607 e. The van der Waals surface area contributed by atoms with Crippen molar-refractivity contribution in [3.8, 4) is 0 Å². The van der Waals surface area contributed by atoms with Crippen LogP contribution in [-0.4, -0.2) is 55.2 Å². The minimum absolute atomic E-state index is 0.464. The smallest absolute Gasteiger partial charge is 0.0607 e. The van der Waals surface area contributed by atoms with Crippen LogP contribution >= 0.6 is 0 Å². The van der Waals surface area contributed by atoms with Gasteiger partial charge in [-0.3, -0.25) is 9.88 Å². The molecule has 0 saturated carbocycles. The summed E-state index contributed by atoms with van der Waals surface area (Å²) in [5, 5.41) is 7.33. The van der Waals surface area contributed by atoms with Gasteiger partial charge in [-0.15, -0.1) is 0 Å². The van der Waals surface area contributed by atoms with E-state index in [0.29, 0.717) is 12.1 Å². The quantitative estimate of drug-likeness (QED) is 0.801. The molecule has 160 valence electrons. The molecule has 1 unspecified atom stereocenters. The summed E-state index contributed by atoms with van der Waals surface area (Å²) in [6, 6.07) is 12.2. The van der Waals surface area contributed by atoms with Crippen LogP contribution in [0, 0.1) is 0 Å². The SMILES string of the molecule is CCN(C[C@H]1Cc2c(cccc2N2CCNCC2)CN1)C1CCCc2cccnc21. The van der Waals surface area contributed by atoms with Crippen molar-refractivity contribution in [2.24, 2.45) is 0 Å². The number of fused-ring (bicyclic) bond motifs is 2. The number of pyridine rings is 1. The third kappa shape index (κ3) is 3.98. The second kappa shape index (κ2) is 9.04. The Hall–Kier alpha value is -1.95. The first kappa shape index (κ1) is 20.0. The number of nitrogens with zero attached hydrogens (tertiary/aromatic N) is 3. The molecule has 3 aliphatic rings. The molecular formula is C25H35N5. The second-order valence-electron chi connectivity index (χ2n) is 8.98. The van der Waals surface area contributed by atoms with Crippen LogP contribution < -0.4 is 15.5 Å². The molecule has 2 aliphatic heterocycles. The number of aryl methyl sites for hydroxylation is 1. The third-order valence-electron chi connectivity index (χ3n) is 7.20. The van der Waals surface area contributed by atoms with Gasteiger partial charge in [-0.1, -0.05) is 25.1 Å². The summed E-state index contributed by atoms with van der Waals surface area (Å²) in [5.74, 6) is 0. The molecule has 1 saturated heterocycles. The molecule has 0 amide bonds. The van der Waals surface area contributed by atoms with Crippen LogP contribution in [-0.2, 0) is 19.4 Å². The van der Waals surface area contributed by atoms with Crippen LogP contribution in [0.2, 0.25) is 0 Å². The monoisotopic (exact) mass is 405 g/mol. The minimum Gasteiger partial charge on any atom is -0.369 e. The number of aromatic nitrogens is 1. The van der Waals surface area contributed by atoms with Gasteiger partial charge >= 0.3 is 0 Å². The van der Waals surface area contributed by atoms with Gasteiger partial charge in [-0.25, -0.2) is 0 Å². The van der Waals surface area contributed by atoms with E-state index in [-0.39, 0.29) is 0 Å². The van der Waals surface area contributed by atoms with E-state index >= 15 is 0 Å². The number of benzene rings is 1. The van der Waals surface area contributed by atoms with E-state index in [4.69, 9.17) is 4.98 Å². The highest BCUT2D eigenvalue weighted by atomic mass is 15.2. The molecule has 1 aromatic carbocycles. The average Bonchev–Trinajstić information content (AvgIpc) is 2.82. The number of anilines is 1. The molecule has 2 N–H and O–H groups in total. The number of nitrogens with one attached hydrogen (secondary N) is 2. The van der Waals surface area contributed by atoms with Crippen molar-refractivity contribution >= 4 is 5.69 Å². The Labute approximate surface area is 180 Å². The summed E-state index contributed by atoms with van der Waals surface area (Å²) in [6.45, 7) is 9.85. The largest absolute Gasteiger partial charge is 0.369 e. The molecule has 1 fully saturated rings. The Morgan fingerprint density at radius 3 is 2.87 bits per heavy atom. The molecule has 3 heterocycles. The molecule has 5 heteroatoms. The molecular weight excluding hydrogens is 370 g/mol. The van der Waals surface area contributed by atoms with E-state index in [9.17, 15) is 0 Å². The van der Waals surface area contributed by atoms with Crippen molar-refractivity contribution in [3.63, 3.8) is 0 Å². The van der Waals surface area contributed by atoms with Crippen LogP contribution in [0.15, 0.2) is 36.5 Å². The van der Waals surface area contributed by atoms with Crippen LogP contribution in [0.4, 0.5) is 5.69 Å². The van der Waals surface area contributed by atoms with Gasteiger partial charge in [0.05, 0.1) is 11.7 Å². The number of hydrogen-bond acceptors (Lipinski definition) is 5. The fourth-order valence-corrected chi connectivity index (χ4v) is 5.63. The lowest BCUT2D eigenvalue weighted by molar-refractivity contribution is 0.161. The summed E-state index contributed by atoms with van der Waals surface area (Å²) in [5.41, 5.74) is 7.29. The number of hydrogen-bond donors (Lipinski definition) is 2. The van der Waals surface area contributed by atoms with Gasteiger partial charge in [-0.2, -0.15) is 0 Å². The van der Waals surface area contributed by atoms with Crippen molar-refractivity contribution in [3.05, 3.63) is 58.9 Å². The van der Waals surface area contributed by atoms with Crippen molar-refractivity contribution in [1.82, 2.24) is 20.5 Å². The molecule has 0 radical (unpaired) electrons. The number of piperazine rings is 1. The van der Waals surface area contributed by atoms with Crippen molar-refractivity contribution < 1.29 is 0 Å². The Balaban J connectivity index is 1.34. The summed E-state index contributed by atoms with van der Waals surface area (Å²) in [7, 11) is 0. The number of likely N-dealkylation sites (N-methyl/N-ethyl adjacent to an activating group) is 1. The standard InChI is InChI=1S/C25H35N5/c1-2-29(24-10-3-6-19-8-5-11-27-25(19)24)18-21-16-22-20(17-28-21)7-4-9-23(22)30-14-12-26-13-15-30/h4-5,7-9,11,21,24,26,28H,2-3,6,10,12-18H2,1H3/t21-,24?/m1/s1. The van der Waals surface area contributed by atoms with E-state index in [1.807, 2.05) is 6.20 Å². The topological polar surface area (TPSA) is 43.4 Å². The molecule has 5 rings (SSSR count). The van der Waals surface area contributed by atoms with Gasteiger partial charge in [0.15, 0.2) is 0 Å². The Morgan fingerprint density at radius 1 is 1.13 bits per heavy atom. The number of rotatable bonds is 5. The molecule has 5 nitrogen and oxygen atoms in total. The predicted octanol–water partition coefficient (Wildman–Crippen LogP) is 2.91. The van der Waals surface area contributed by atoms with Gasteiger partial charge < -0.3 is 15.5 Å². The van der Waals surface area contributed by atoms with Crippen LogP contribution in [0.5, 0.6) is 0 Å². The highest BCUT2D eigenvalue weighted by molar-refractivity contribution is 5.58. The van der Waals surface area contributed by atoms with E-state index in [2.05, 4.69) is 57.7 Å². The summed E-state index contributed by atoms with van der Waals surface area (Å²) in [4.78, 5) is 10.0. The molecule has 1 aromatic heterocycles. The fourth-order valence-electron chi connectivity index (χ4n) is 5.63. The minimum atomic E-state index is 0.464. The lowest BCUT2D eigenvalue weighted by Crippen LogP contribution is -2.48. The molecule has 2 atom stereocenters. The van der Waals surface area contributed by atoms with Crippen molar-refractivity contribution in [1.29, 1.82) is 0 Å². The summed E-state index contributed by atoms with van der Waals surface area (Å²) >= 11 is 0. The van der Waals surface area contributed by atoms with E-state index < -0.39 is 0 Å².